The van der Waals surface area contributed by atoms with Crippen LogP contribution in [-0.2, 0) is 5.60 Å². The number of rotatable bonds is 4. The monoisotopic (exact) mass is 479 g/mol. The minimum Gasteiger partial charge on any atom is -0.383 e. The molecule has 1 aliphatic rings. The van der Waals surface area contributed by atoms with Crippen molar-refractivity contribution in [1.29, 1.82) is 0 Å². The van der Waals surface area contributed by atoms with Crippen molar-refractivity contribution in [1.82, 2.24) is 9.88 Å². The molecule has 9 heteroatoms. The molecule has 3 rings (SSSR count). The maximum atomic E-state index is 10.5. The molecule has 0 saturated carbocycles. The first-order valence-corrected chi connectivity index (χ1v) is 9.28. The van der Waals surface area contributed by atoms with Gasteiger partial charge in [-0.15, -0.1) is 46.7 Å². The highest BCUT2D eigenvalue weighted by Crippen LogP contribution is 2.25. The highest BCUT2D eigenvalue weighted by molar-refractivity contribution is 14.0. The predicted molar refractivity (Wildman–Crippen MR) is 112 cm³/mol. The van der Waals surface area contributed by atoms with Crippen LogP contribution in [0, 0.1) is 0 Å². The lowest BCUT2D eigenvalue weighted by Gasteiger charge is -2.35. The summed E-state index contributed by atoms with van der Waals surface area (Å²) in [6.07, 6.45) is 1.83. The number of piperazine rings is 1. The predicted octanol–water partition coefficient (Wildman–Crippen LogP) is 2.17. The molecule has 1 atom stereocenters. The number of nitrogens with zero attached hydrogens (tertiary/aromatic N) is 4. The van der Waals surface area contributed by atoms with Crippen molar-refractivity contribution in [3.8, 4) is 0 Å². The van der Waals surface area contributed by atoms with E-state index < -0.39 is 5.60 Å². The van der Waals surface area contributed by atoms with Gasteiger partial charge in [0.1, 0.15) is 5.60 Å². The second kappa shape index (κ2) is 8.45. The molecule has 24 heavy (non-hydrogen) atoms. The molecule has 1 aliphatic heterocycles. The molecule has 132 valence electrons. The smallest absolute Gasteiger partial charge is 0.191 e. The van der Waals surface area contributed by atoms with Crippen LogP contribution in [-0.4, -0.2) is 53.7 Å². The largest absolute Gasteiger partial charge is 0.383 e. The maximum absolute atomic E-state index is 10.5. The SMILES string of the molecule is CC(O)(CN=C(N)N1CCN(c2nccs2)CC1)c1cccs1.I. The molecule has 0 spiro atoms. The first-order chi connectivity index (χ1) is 11.1. The second-order valence-corrected chi connectivity index (χ2v) is 7.54. The number of aliphatic hydroxyl groups is 1. The van der Waals surface area contributed by atoms with Crippen LogP contribution in [0.25, 0.3) is 0 Å². The van der Waals surface area contributed by atoms with Crippen LogP contribution in [0.15, 0.2) is 34.1 Å². The average Bonchev–Trinajstić information content (AvgIpc) is 3.26. The lowest BCUT2D eigenvalue weighted by molar-refractivity contribution is 0.0709. The number of guanidine groups is 1. The van der Waals surface area contributed by atoms with E-state index in [1.54, 1.807) is 18.3 Å². The number of thiophene rings is 1. The molecule has 1 fully saturated rings. The molecule has 2 aromatic rings. The van der Waals surface area contributed by atoms with E-state index in [9.17, 15) is 5.11 Å². The Labute approximate surface area is 167 Å². The second-order valence-electron chi connectivity index (χ2n) is 5.71. The van der Waals surface area contributed by atoms with Crippen molar-refractivity contribution in [2.45, 2.75) is 12.5 Å². The minimum absolute atomic E-state index is 0. The van der Waals surface area contributed by atoms with Crippen molar-refractivity contribution < 1.29 is 5.11 Å². The molecule has 0 radical (unpaired) electrons. The number of halogens is 1. The summed E-state index contributed by atoms with van der Waals surface area (Å²) in [7, 11) is 0. The van der Waals surface area contributed by atoms with Crippen LogP contribution in [0.3, 0.4) is 0 Å². The summed E-state index contributed by atoms with van der Waals surface area (Å²) >= 11 is 3.18. The summed E-state index contributed by atoms with van der Waals surface area (Å²) in [5, 5.41) is 15.5. The van der Waals surface area contributed by atoms with E-state index in [4.69, 9.17) is 5.73 Å². The van der Waals surface area contributed by atoms with Gasteiger partial charge >= 0.3 is 0 Å². The Bertz CT molecular complexity index is 637. The zero-order valence-electron chi connectivity index (χ0n) is 13.5. The number of hydrogen-bond donors (Lipinski definition) is 2. The first kappa shape index (κ1) is 19.4. The van der Waals surface area contributed by atoms with Gasteiger partial charge in [0, 0.05) is 42.6 Å². The Morgan fingerprint density at radius 3 is 2.67 bits per heavy atom. The van der Waals surface area contributed by atoms with Gasteiger partial charge in [-0.25, -0.2) is 9.98 Å². The van der Waals surface area contributed by atoms with E-state index in [2.05, 4.69) is 19.8 Å². The van der Waals surface area contributed by atoms with Crippen LogP contribution in [0.5, 0.6) is 0 Å². The molecule has 0 aromatic carbocycles. The Morgan fingerprint density at radius 1 is 1.33 bits per heavy atom. The van der Waals surface area contributed by atoms with E-state index in [0.717, 1.165) is 36.2 Å². The fraction of sp³-hybridized carbons (Fsp3) is 0.467. The van der Waals surface area contributed by atoms with Gasteiger partial charge in [-0.1, -0.05) is 6.07 Å². The van der Waals surface area contributed by atoms with Crippen LogP contribution in [0.1, 0.15) is 11.8 Å². The summed E-state index contributed by atoms with van der Waals surface area (Å²) in [5.74, 6) is 0.501. The number of aliphatic imine (C=N–C) groups is 1. The van der Waals surface area contributed by atoms with Crippen molar-refractivity contribution in [3.05, 3.63) is 34.0 Å². The van der Waals surface area contributed by atoms with Crippen molar-refractivity contribution in [2.75, 3.05) is 37.6 Å². The van der Waals surface area contributed by atoms with Crippen molar-refractivity contribution >= 4 is 57.7 Å². The van der Waals surface area contributed by atoms with Gasteiger partial charge in [0.25, 0.3) is 0 Å². The van der Waals surface area contributed by atoms with Crippen LogP contribution in [0.2, 0.25) is 0 Å². The van der Waals surface area contributed by atoms with Gasteiger partial charge in [0.15, 0.2) is 11.1 Å². The van der Waals surface area contributed by atoms with Crippen LogP contribution < -0.4 is 10.6 Å². The summed E-state index contributed by atoms with van der Waals surface area (Å²) in [6, 6.07) is 3.85. The molecule has 3 N–H and O–H groups in total. The minimum atomic E-state index is -0.971. The number of hydrogen-bond acceptors (Lipinski definition) is 6. The third kappa shape index (κ3) is 4.58. The highest BCUT2D eigenvalue weighted by atomic mass is 127. The van der Waals surface area contributed by atoms with Gasteiger partial charge in [-0.05, 0) is 18.4 Å². The lowest BCUT2D eigenvalue weighted by atomic mass is 10.1. The Kier molecular flexibility index (Phi) is 6.84. The molecule has 3 heterocycles. The van der Waals surface area contributed by atoms with Gasteiger partial charge < -0.3 is 20.6 Å². The van der Waals surface area contributed by atoms with E-state index in [1.165, 1.54) is 11.3 Å². The van der Waals surface area contributed by atoms with Crippen molar-refractivity contribution in [3.63, 3.8) is 0 Å². The Hall–Kier alpha value is -0.910. The normalized spacial score (nSPS) is 18.2. The fourth-order valence-corrected chi connectivity index (χ4v) is 3.97. The van der Waals surface area contributed by atoms with E-state index >= 15 is 0 Å². The number of aromatic nitrogens is 1. The number of anilines is 1. The zero-order valence-corrected chi connectivity index (χ0v) is 17.4. The van der Waals surface area contributed by atoms with Gasteiger partial charge in [0.05, 0.1) is 6.54 Å². The number of thiazole rings is 1. The van der Waals surface area contributed by atoms with Crippen LogP contribution in [0.4, 0.5) is 5.13 Å². The lowest BCUT2D eigenvalue weighted by Crippen LogP contribution is -2.51. The van der Waals surface area contributed by atoms with Crippen molar-refractivity contribution in [2.24, 2.45) is 10.7 Å². The quantitative estimate of drug-likeness (QED) is 0.400. The third-order valence-electron chi connectivity index (χ3n) is 3.89. The number of nitrogens with two attached hydrogens (primary N) is 1. The molecule has 0 bridgehead atoms. The van der Waals surface area contributed by atoms with Gasteiger partial charge in [-0.3, -0.25) is 0 Å². The van der Waals surface area contributed by atoms with Gasteiger partial charge in [0.2, 0.25) is 0 Å². The molecule has 1 unspecified atom stereocenters. The summed E-state index contributed by atoms with van der Waals surface area (Å²) in [4.78, 5) is 14.0. The molecule has 1 saturated heterocycles. The average molecular weight is 479 g/mol. The highest BCUT2D eigenvalue weighted by Gasteiger charge is 2.25. The topological polar surface area (TPSA) is 78.0 Å². The van der Waals surface area contributed by atoms with Crippen LogP contribution >= 0.6 is 46.7 Å². The summed E-state index contributed by atoms with van der Waals surface area (Å²) < 4.78 is 0. The Morgan fingerprint density at radius 2 is 2.08 bits per heavy atom. The first-order valence-electron chi connectivity index (χ1n) is 7.52. The molecular weight excluding hydrogens is 457 g/mol. The molecule has 6 nitrogen and oxygen atoms in total. The fourth-order valence-electron chi connectivity index (χ4n) is 2.50. The Balaban J connectivity index is 0.00000208. The van der Waals surface area contributed by atoms with E-state index in [1.807, 2.05) is 29.1 Å². The summed E-state index contributed by atoms with van der Waals surface area (Å²) in [6.45, 7) is 5.43. The molecular formula is C15H22IN5OS2. The maximum Gasteiger partial charge on any atom is 0.191 e. The van der Waals surface area contributed by atoms with E-state index in [-0.39, 0.29) is 30.5 Å². The third-order valence-corrected chi connectivity index (χ3v) is 5.85. The summed E-state index contributed by atoms with van der Waals surface area (Å²) in [5.41, 5.74) is 5.14. The molecule has 0 amide bonds. The molecule has 0 aliphatic carbocycles. The standard InChI is InChI=1S/C15H21N5OS2.HI/c1-15(21,12-3-2-9-22-12)11-18-13(16)19-5-7-20(8-6-19)14-17-4-10-23-14;/h2-4,9-10,21H,5-8,11H2,1H3,(H2,16,18);1H. The zero-order chi connectivity index (χ0) is 16.3. The van der Waals surface area contributed by atoms with E-state index in [0.29, 0.717) is 5.96 Å². The molecule has 2 aromatic heterocycles. The van der Waals surface area contributed by atoms with Gasteiger partial charge in [-0.2, -0.15) is 0 Å².